The van der Waals surface area contributed by atoms with Gasteiger partial charge in [0.25, 0.3) is 0 Å². The minimum Gasteiger partial charge on any atom is -0.342 e. The molecule has 1 aliphatic carbocycles. The van der Waals surface area contributed by atoms with Gasteiger partial charge in [-0.15, -0.1) is 0 Å². The largest absolute Gasteiger partial charge is 0.342 e. The molecule has 0 aromatic heterocycles. The van der Waals surface area contributed by atoms with Crippen molar-refractivity contribution in [2.75, 3.05) is 13.1 Å². The first kappa shape index (κ1) is 14.0. The maximum Gasteiger partial charge on any atom is 0.226 e. The molecular weight excluding hydrogens is 212 g/mol. The van der Waals surface area contributed by atoms with E-state index < -0.39 is 0 Å². The minimum atomic E-state index is 0.120. The Morgan fingerprint density at radius 1 is 1.47 bits per heavy atom. The zero-order valence-electron chi connectivity index (χ0n) is 11.3. The predicted molar refractivity (Wildman–Crippen MR) is 68.2 cm³/mol. The molecule has 0 heterocycles. The van der Waals surface area contributed by atoms with Gasteiger partial charge in [0.15, 0.2) is 0 Å². The van der Waals surface area contributed by atoms with Crippen LogP contribution in [0.5, 0.6) is 0 Å². The molecule has 1 aliphatic rings. The molecular formula is C14H24N2O. The Kier molecular flexibility index (Phi) is 4.99. The molecule has 0 saturated heterocycles. The highest BCUT2D eigenvalue weighted by Gasteiger charge is 2.38. The second kappa shape index (κ2) is 6.05. The Balaban J connectivity index is 2.69. The van der Waals surface area contributed by atoms with E-state index in [4.69, 9.17) is 5.26 Å². The zero-order chi connectivity index (χ0) is 12.9. The maximum atomic E-state index is 12.5. The summed E-state index contributed by atoms with van der Waals surface area (Å²) in [5.41, 5.74) is 0.120. The van der Waals surface area contributed by atoms with Crippen LogP contribution in [0.2, 0.25) is 0 Å². The van der Waals surface area contributed by atoms with Gasteiger partial charge in [-0.05, 0) is 25.2 Å². The maximum absolute atomic E-state index is 12.5. The molecule has 96 valence electrons. The third kappa shape index (κ3) is 3.46. The van der Waals surface area contributed by atoms with Gasteiger partial charge >= 0.3 is 0 Å². The van der Waals surface area contributed by atoms with Crippen molar-refractivity contribution < 1.29 is 4.79 Å². The summed E-state index contributed by atoms with van der Waals surface area (Å²) >= 11 is 0. The second-order valence-corrected chi connectivity index (χ2v) is 5.61. The number of nitrogens with zero attached hydrogens (tertiary/aromatic N) is 2. The van der Waals surface area contributed by atoms with Gasteiger partial charge in [-0.1, -0.05) is 26.7 Å². The van der Waals surface area contributed by atoms with E-state index in [1.807, 2.05) is 11.8 Å². The van der Waals surface area contributed by atoms with Gasteiger partial charge in [0, 0.05) is 19.0 Å². The third-order valence-electron chi connectivity index (χ3n) is 3.99. The number of rotatable bonds is 4. The first-order chi connectivity index (χ1) is 8.03. The van der Waals surface area contributed by atoms with Crippen molar-refractivity contribution in [1.29, 1.82) is 5.26 Å². The molecule has 17 heavy (non-hydrogen) atoms. The average Bonchev–Trinajstić information content (AvgIpc) is 2.29. The Morgan fingerprint density at radius 2 is 2.18 bits per heavy atom. The van der Waals surface area contributed by atoms with Crippen molar-refractivity contribution >= 4 is 5.91 Å². The number of hydrogen-bond acceptors (Lipinski definition) is 2. The van der Waals surface area contributed by atoms with Crippen molar-refractivity contribution in [2.24, 2.45) is 11.3 Å². The summed E-state index contributed by atoms with van der Waals surface area (Å²) in [6.45, 7) is 7.69. The Labute approximate surface area is 105 Å². The minimum absolute atomic E-state index is 0.120. The van der Waals surface area contributed by atoms with E-state index in [0.29, 0.717) is 19.5 Å². The SMILES string of the molecule is CCN(CCC#N)C(=O)C1CCCCC1(C)C. The summed E-state index contributed by atoms with van der Waals surface area (Å²) in [4.78, 5) is 14.3. The number of carbonyl (C=O) groups is 1. The Morgan fingerprint density at radius 3 is 2.71 bits per heavy atom. The molecule has 1 atom stereocenters. The summed E-state index contributed by atoms with van der Waals surface area (Å²) in [5, 5.41) is 8.62. The van der Waals surface area contributed by atoms with Crippen molar-refractivity contribution in [3.63, 3.8) is 0 Å². The van der Waals surface area contributed by atoms with Crippen LogP contribution >= 0.6 is 0 Å². The molecule has 1 unspecified atom stereocenters. The first-order valence-corrected chi connectivity index (χ1v) is 6.68. The van der Waals surface area contributed by atoms with Crippen LogP contribution in [0.25, 0.3) is 0 Å². The molecule has 0 spiro atoms. The lowest BCUT2D eigenvalue weighted by atomic mass is 9.68. The van der Waals surface area contributed by atoms with Crippen molar-refractivity contribution in [3.8, 4) is 6.07 Å². The van der Waals surface area contributed by atoms with Crippen molar-refractivity contribution in [2.45, 2.75) is 52.9 Å². The molecule has 0 aromatic rings. The van der Waals surface area contributed by atoms with E-state index in [1.165, 1.54) is 6.42 Å². The fraction of sp³-hybridized carbons (Fsp3) is 0.857. The van der Waals surface area contributed by atoms with Gasteiger partial charge in [-0.2, -0.15) is 5.26 Å². The lowest BCUT2D eigenvalue weighted by Gasteiger charge is -2.40. The van der Waals surface area contributed by atoms with Crippen LogP contribution in [-0.2, 0) is 4.79 Å². The molecule has 1 amide bonds. The van der Waals surface area contributed by atoms with Crippen LogP contribution in [0, 0.1) is 22.7 Å². The summed E-state index contributed by atoms with van der Waals surface area (Å²) in [6.07, 6.45) is 4.98. The standard InChI is InChI=1S/C14H24N2O/c1-4-16(11-7-10-15)13(17)12-8-5-6-9-14(12,2)3/h12H,4-9,11H2,1-3H3. The van der Waals surface area contributed by atoms with E-state index in [1.54, 1.807) is 0 Å². The van der Waals surface area contributed by atoms with Gasteiger partial charge in [0.1, 0.15) is 0 Å². The molecule has 0 N–H and O–H groups in total. The number of hydrogen-bond donors (Lipinski definition) is 0. The van der Waals surface area contributed by atoms with Gasteiger partial charge in [0.2, 0.25) is 5.91 Å². The van der Waals surface area contributed by atoms with E-state index in [2.05, 4.69) is 19.9 Å². The smallest absolute Gasteiger partial charge is 0.226 e. The van der Waals surface area contributed by atoms with Crippen LogP contribution in [0.1, 0.15) is 52.9 Å². The lowest BCUT2D eigenvalue weighted by Crippen LogP contribution is -2.44. The van der Waals surface area contributed by atoms with Crippen LogP contribution in [0.3, 0.4) is 0 Å². The number of amides is 1. The molecule has 0 aliphatic heterocycles. The quantitative estimate of drug-likeness (QED) is 0.753. The van der Waals surface area contributed by atoms with Gasteiger partial charge in [-0.25, -0.2) is 0 Å². The monoisotopic (exact) mass is 236 g/mol. The normalized spacial score (nSPS) is 22.8. The molecule has 1 fully saturated rings. The van der Waals surface area contributed by atoms with E-state index >= 15 is 0 Å². The molecule has 0 radical (unpaired) electrons. The highest BCUT2D eigenvalue weighted by atomic mass is 16.2. The highest BCUT2D eigenvalue weighted by Crippen LogP contribution is 2.41. The highest BCUT2D eigenvalue weighted by molar-refractivity contribution is 5.79. The zero-order valence-corrected chi connectivity index (χ0v) is 11.3. The summed E-state index contributed by atoms with van der Waals surface area (Å²) in [6, 6.07) is 2.12. The number of carbonyl (C=O) groups excluding carboxylic acids is 1. The van der Waals surface area contributed by atoms with E-state index in [-0.39, 0.29) is 17.2 Å². The topological polar surface area (TPSA) is 44.1 Å². The fourth-order valence-electron chi connectivity index (χ4n) is 2.78. The van der Waals surface area contributed by atoms with Crippen LogP contribution < -0.4 is 0 Å². The Bertz CT molecular complexity index is 304. The summed E-state index contributed by atoms with van der Waals surface area (Å²) in [7, 11) is 0. The van der Waals surface area contributed by atoms with E-state index in [9.17, 15) is 4.79 Å². The predicted octanol–water partition coefficient (Wildman–Crippen LogP) is 2.96. The average molecular weight is 236 g/mol. The van der Waals surface area contributed by atoms with Gasteiger partial charge in [-0.3, -0.25) is 4.79 Å². The van der Waals surface area contributed by atoms with Gasteiger partial charge in [0.05, 0.1) is 12.5 Å². The molecule has 0 bridgehead atoms. The van der Waals surface area contributed by atoms with Crippen LogP contribution in [0.15, 0.2) is 0 Å². The summed E-state index contributed by atoms with van der Waals surface area (Å²) < 4.78 is 0. The second-order valence-electron chi connectivity index (χ2n) is 5.61. The number of nitriles is 1. The lowest BCUT2D eigenvalue weighted by molar-refractivity contribution is -0.140. The Hall–Kier alpha value is -1.04. The first-order valence-electron chi connectivity index (χ1n) is 6.68. The molecule has 1 rings (SSSR count). The molecule has 0 aromatic carbocycles. The molecule has 1 saturated carbocycles. The van der Waals surface area contributed by atoms with Crippen LogP contribution in [-0.4, -0.2) is 23.9 Å². The third-order valence-corrected chi connectivity index (χ3v) is 3.99. The van der Waals surface area contributed by atoms with E-state index in [0.717, 1.165) is 19.3 Å². The van der Waals surface area contributed by atoms with Crippen molar-refractivity contribution in [1.82, 2.24) is 4.90 Å². The van der Waals surface area contributed by atoms with Crippen LogP contribution in [0.4, 0.5) is 0 Å². The molecule has 3 heteroatoms. The summed E-state index contributed by atoms with van der Waals surface area (Å²) in [5.74, 6) is 0.405. The molecule has 3 nitrogen and oxygen atoms in total. The van der Waals surface area contributed by atoms with Gasteiger partial charge < -0.3 is 4.90 Å². The van der Waals surface area contributed by atoms with Crippen molar-refractivity contribution in [3.05, 3.63) is 0 Å². The fourth-order valence-corrected chi connectivity index (χ4v) is 2.78.